The first-order valence-corrected chi connectivity index (χ1v) is 5.54. The zero-order valence-corrected chi connectivity index (χ0v) is 9.71. The predicted molar refractivity (Wildman–Crippen MR) is 71.5 cm³/mol. The van der Waals surface area contributed by atoms with Gasteiger partial charge in [-0.25, -0.2) is 4.79 Å². The van der Waals surface area contributed by atoms with E-state index in [1.165, 1.54) is 0 Å². The van der Waals surface area contributed by atoms with E-state index in [1.807, 2.05) is 24.3 Å². The minimum Gasteiger partial charge on any atom is -0.478 e. The summed E-state index contributed by atoms with van der Waals surface area (Å²) < 4.78 is 0. The summed E-state index contributed by atoms with van der Waals surface area (Å²) in [5, 5.41) is 9.32. The fourth-order valence-corrected chi connectivity index (χ4v) is 1.76. The van der Waals surface area contributed by atoms with Crippen LogP contribution in [0.4, 0.5) is 0 Å². The van der Waals surface area contributed by atoms with Gasteiger partial charge in [-0.1, -0.05) is 60.7 Å². The molecule has 3 nitrogen and oxygen atoms in total. The first kappa shape index (κ1) is 11.9. The summed E-state index contributed by atoms with van der Waals surface area (Å²) in [6, 6.07) is 18.0. The van der Waals surface area contributed by atoms with Crippen LogP contribution in [0.5, 0.6) is 0 Å². The topological polar surface area (TPSA) is 63.3 Å². The van der Waals surface area contributed by atoms with E-state index in [2.05, 4.69) is 0 Å². The first-order valence-electron chi connectivity index (χ1n) is 5.54. The molecular formula is C15H13NO2. The second-order valence-corrected chi connectivity index (χ2v) is 3.83. The second kappa shape index (κ2) is 5.19. The summed E-state index contributed by atoms with van der Waals surface area (Å²) in [6.07, 6.45) is 0. The third kappa shape index (κ3) is 2.40. The van der Waals surface area contributed by atoms with Gasteiger partial charge in [0, 0.05) is 0 Å². The lowest BCUT2D eigenvalue weighted by Crippen LogP contribution is -2.08. The van der Waals surface area contributed by atoms with E-state index in [0.717, 1.165) is 0 Å². The van der Waals surface area contributed by atoms with Crippen LogP contribution in [0.1, 0.15) is 11.1 Å². The molecule has 3 heteroatoms. The molecule has 18 heavy (non-hydrogen) atoms. The third-order valence-corrected chi connectivity index (χ3v) is 2.63. The number of carbonyl (C=O) groups is 1. The Morgan fingerprint density at radius 1 is 0.833 bits per heavy atom. The quantitative estimate of drug-likeness (QED) is 0.639. The van der Waals surface area contributed by atoms with Crippen LogP contribution in [0.15, 0.2) is 60.7 Å². The lowest BCUT2D eigenvalue weighted by atomic mass is 10.00. The molecule has 2 aromatic rings. The van der Waals surface area contributed by atoms with Gasteiger partial charge >= 0.3 is 5.97 Å². The van der Waals surface area contributed by atoms with Crippen molar-refractivity contribution in [3.05, 3.63) is 71.8 Å². The average Bonchev–Trinajstić information content (AvgIpc) is 2.40. The molecule has 0 saturated carbocycles. The maximum absolute atomic E-state index is 11.4. The molecule has 0 spiro atoms. The highest BCUT2D eigenvalue weighted by molar-refractivity contribution is 6.23. The lowest BCUT2D eigenvalue weighted by molar-refractivity contribution is -0.130. The molecule has 90 valence electrons. The number of carboxylic acids is 1. The second-order valence-electron chi connectivity index (χ2n) is 3.83. The Balaban J connectivity index is 2.58. The Morgan fingerprint density at radius 3 is 1.72 bits per heavy atom. The molecule has 0 saturated heterocycles. The summed E-state index contributed by atoms with van der Waals surface area (Å²) in [7, 11) is 0. The molecule has 2 rings (SSSR count). The Hall–Kier alpha value is -2.55. The largest absolute Gasteiger partial charge is 0.478 e. The van der Waals surface area contributed by atoms with Crippen LogP contribution >= 0.6 is 0 Å². The molecule has 0 aromatic heterocycles. The summed E-state index contributed by atoms with van der Waals surface area (Å²) in [5.74, 6) is -1.03. The Bertz CT molecular complexity index is 574. The SMILES string of the molecule is N/C(=C(\C(=O)O)c1ccccc1)c1ccccc1. The van der Waals surface area contributed by atoms with E-state index in [0.29, 0.717) is 11.1 Å². The van der Waals surface area contributed by atoms with Gasteiger partial charge in [-0.2, -0.15) is 0 Å². The zero-order chi connectivity index (χ0) is 13.0. The molecule has 0 amide bonds. The fourth-order valence-electron chi connectivity index (χ4n) is 1.76. The van der Waals surface area contributed by atoms with E-state index in [1.54, 1.807) is 36.4 Å². The minimum absolute atomic E-state index is 0.127. The predicted octanol–water partition coefficient (Wildman–Crippen LogP) is 2.60. The average molecular weight is 239 g/mol. The van der Waals surface area contributed by atoms with E-state index in [-0.39, 0.29) is 11.3 Å². The van der Waals surface area contributed by atoms with Gasteiger partial charge in [0.2, 0.25) is 0 Å². The molecule has 0 atom stereocenters. The number of benzene rings is 2. The number of rotatable bonds is 3. The lowest BCUT2D eigenvalue weighted by Gasteiger charge is -2.08. The van der Waals surface area contributed by atoms with Gasteiger partial charge in [0.15, 0.2) is 0 Å². The van der Waals surface area contributed by atoms with Crippen molar-refractivity contribution in [1.82, 2.24) is 0 Å². The Morgan fingerprint density at radius 2 is 1.28 bits per heavy atom. The highest BCUT2D eigenvalue weighted by Crippen LogP contribution is 2.22. The number of aliphatic carboxylic acids is 1. The molecule has 0 aliphatic rings. The van der Waals surface area contributed by atoms with Crippen molar-refractivity contribution in [3.63, 3.8) is 0 Å². The van der Waals surface area contributed by atoms with Gasteiger partial charge in [-0.05, 0) is 11.1 Å². The number of hydrogen-bond donors (Lipinski definition) is 2. The summed E-state index contributed by atoms with van der Waals surface area (Å²) in [6.45, 7) is 0. The van der Waals surface area contributed by atoms with Crippen molar-refractivity contribution >= 4 is 17.2 Å². The monoisotopic (exact) mass is 239 g/mol. The Kier molecular flexibility index (Phi) is 3.44. The van der Waals surface area contributed by atoms with Crippen molar-refractivity contribution < 1.29 is 9.90 Å². The van der Waals surface area contributed by atoms with Crippen LogP contribution in [-0.4, -0.2) is 11.1 Å². The number of hydrogen-bond acceptors (Lipinski definition) is 2. The maximum atomic E-state index is 11.4. The molecule has 2 aromatic carbocycles. The zero-order valence-electron chi connectivity index (χ0n) is 9.71. The highest BCUT2D eigenvalue weighted by atomic mass is 16.4. The van der Waals surface area contributed by atoms with Gasteiger partial charge in [-0.15, -0.1) is 0 Å². The third-order valence-electron chi connectivity index (χ3n) is 2.63. The van der Waals surface area contributed by atoms with Crippen LogP contribution in [0, 0.1) is 0 Å². The minimum atomic E-state index is -1.03. The van der Waals surface area contributed by atoms with Gasteiger partial charge in [-0.3, -0.25) is 0 Å². The van der Waals surface area contributed by atoms with Crippen molar-refractivity contribution in [2.45, 2.75) is 0 Å². The van der Waals surface area contributed by atoms with Gasteiger partial charge in [0.25, 0.3) is 0 Å². The van der Waals surface area contributed by atoms with Gasteiger partial charge in [0.1, 0.15) is 0 Å². The van der Waals surface area contributed by atoms with Gasteiger partial charge in [0.05, 0.1) is 11.3 Å². The summed E-state index contributed by atoms with van der Waals surface area (Å²) in [5.41, 5.74) is 7.68. The molecule has 0 fully saturated rings. The van der Waals surface area contributed by atoms with Crippen molar-refractivity contribution in [2.75, 3.05) is 0 Å². The van der Waals surface area contributed by atoms with Gasteiger partial charge < -0.3 is 10.8 Å². The number of carboxylic acid groups (broad SMARTS) is 1. The molecule has 0 aliphatic heterocycles. The smallest absolute Gasteiger partial charge is 0.338 e. The van der Waals surface area contributed by atoms with Crippen molar-refractivity contribution in [1.29, 1.82) is 0 Å². The normalized spacial score (nSPS) is 11.8. The van der Waals surface area contributed by atoms with Crippen molar-refractivity contribution in [2.24, 2.45) is 5.73 Å². The summed E-state index contributed by atoms with van der Waals surface area (Å²) >= 11 is 0. The van der Waals surface area contributed by atoms with Crippen molar-refractivity contribution in [3.8, 4) is 0 Å². The maximum Gasteiger partial charge on any atom is 0.338 e. The van der Waals surface area contributed by atoms with Crippen LogP contribution in [0.2, 0.25) is 0 Å². The molecule has 3 N–H and O–H groups in total. The molecular weight excluding hydrogens is 226 g/mol. The van der Waals surface area contributed by atoms with E-state index in [9.17, 15) is 9.90 Å². The standard InChI is InChI=1S/C15H13NO2/c16-14(12-9-5-2-6-10-12)13(15(17)18)11-7-3-1-4-8-11/h1-10H,16H2,(H,17,18)/b14-13-. The molecule has 0 unspecified atom stereocenters. The molecule has 0 heterocycles. The van der Waals surface area contributed by atoms with Crippen LogP contribution < -0.4 is 5.73 Å². The van der Waals surface area contributed by atoms with Crippen LogP contribution in [-0.2, 0) is 4.79 Å². The highest BCUT2D eigenvalue weighted by Gasteiger charge is 2.15. The van der Waals surface area contributed by atoms with E-state index < -0.39 is 5.97 Å². The van der Waals surface area contributed by atoms with E-state index in [4.69, 9.17) is 5.73 Å². The fraction of sp³-hybridized carbons (Fsp3) is 0. The van der Waals surface area contributed by atoms with Crippen LogP contribution in [0.3, 0.4) is 0 Å². The van der Waals surface area contributed by atoms with E-state index >= 15 is 0 Å². The Labute approximate surface area is 105 Å². The summed E-state index contributed by atoms with van der Waals surface area (Å²) in [4.78, 5) is 11.4. The molecule has 0 radical (unpaired) electrons. The number of nitrogens with two attached hydrogens (primary N) is 1. The first-order chi connectivity index (χ1) is 8.70. The molecule has 0 bridgehead atoms. The molecule has 0 aliphatic carbocycles. The van der Waals surface area contributed by atoms with Crippen LogP contribution in [0.25, 0.3) is 11.3 Å².